The van der Waals surface area contributed by atoms with Crippen molar-refractivity contribution in [2.75, 3.05) is 6.54 Å². The molecule has 3 N–H and O–H groups in total. The molecule has 0 unspecified atom stereocenters. The second-order valence-electron chi connectivity index (χ2n) is 6.52. The summed E-state index contributed by atoms with van der Waals surface area (Å²) in [7, 11) is 0. The van der Waals surface area contributed by atoms with Crippen molar-refractivity contribution in [3.05, 3.63) is 35.9 Å². The highest BCUT2D eigenvalue weighted by molar-refractivity contribution is 5.83. The number of nitriles is 1. The lowest BCUT2D eigenvalue weighted by Crippen LogP contribution is -2.45. The van der Waals surface area contributed by atoms with Crippen molar-refractivity contribution >= 4 is 18.0 Å². The Morgan fingerprint density at radius 1 is 1.18 bits per heavy atom. The summed E-state index contributed by atoms with van der Waals surface area (Å²) in [6.07, 6.45) is 1.73. The van der Waals surface area contributed by atoms with Crippen LogP contribution in [0, 0.1) is 17.2 Å². The molecule has 2 atom stereocenters. The van der Waals surface area contributed by atoms with Gasteiger partial charge in [0.25, 0.3) is 0 Å². The van der Waals surface area contributed by atoms with Gasteiger partial charge in [-0.25, -0.2) is 9.59 Å². The van der Waals surface area contributed by atoms with Crippen LogP contribution in [0.4, 0.5) is 4.79 Å². The molecular formula is C20H27N3O5. The van der Waals surface area contributed by atoms with Crippen LogP contribution in [0.15, 0.2) is 30.3 Å². The van der Waals surface area contributed by atoms with Crippen molar-refractivity contribution in [2.24, 2.45) is 5.92 Å². The second kappa shape index (κ2) is 13.1. The molecule has 0 fully saturated rings. The van der Waals surface area contributed by atoms with Crippen LogP contribution in [0.25, 0.3) is 0 Å². The summed E-state index contributed by atoms with van der Waals surface area (Å²) < 4.78 is 5.09. The maximum Gasteiger partial charge on any atom is 0.407 e. The topological polar surface area (TPSA) is 129 Å². The Hall–Kier alpha value is -3.08. The van der Waals surface area contributed by atoms with Crippen LogP contribution in [0.5, 0.6) is 0 Å². The molecule has 1 aromatic rings. The fraction of sp³-hybridized carbons (Fsp3) is 0.500. The molecule has 8 nitrogen and oxygen atoms in total. The number of unbranched alkanes of at least 4 members (excludes halogenated alkanes) is 2. The molecule has 0 aliphatic heterocycles. The van der Waals surface area contributed by atoms with E-state index in [0.29, 0.717) is 25.8 Å². The van der Waals surface area contributed by atoms with Crippen molar-refractivity contribution in [3.8, 4) is 6.07 Å². The molecule has 0 spiro atoms. The van der Waals surface area contributed by atoms with Crippen LogP contribution in [-0.4, -0.2) is 35.7 Å². The highest BCUT2D eigenvalue weighted by Crippen LogP contribution is 2.09. The molecule has 0 radical (unpaired) electrons. The standard InChI is InChI=1S/C20H27N3O5/c1-15(11-12-21)18(19(25)26)23-17(24)10-6-3-7-13-22-20(27)28-14-16-8-4-2-5-9-16/h2,4-5,8-9,15,18H,3,6-7,10-11,13-14H2,1H3,(H,22,27)(H,23,24)(H,25,26)/t15-,18-/m1/s1. The van der Waals surface area contributed by atoms with Gasteiger partial charge in [0, 0.05) is 25.3 Å². The van der Waals surface area contributed by atoms with Crippen molar-refractivity contribution in [3.63, 3.8) is 0 Å². The maximum atomic E-state index is 11.9. The summed E-state index contributed by atoms with van der Waals surface area (Å²) >= 11 is 0. The van der Waals surface area contributed by atoms with Gasteiger partial charge in [-0.05, 0) is 18.4 Å². The van der Waals surface area contributed by atoms with Crippen LogP contribution >= 0.6 is 0 Å². The highest BCUT2D eigenvalue weighted by atomic mass is 16.5. The molecule has 0 heterocycles. The minimum atomic E-state index is -1.14. The predicted octanol–water partition coefficient (Wildman–Crippen LogP) is 2.59. The first kappa shape index (κ1) is 23.0. The average molecular weight is 389 g/mol. The summed E-state index contributed by atoms with van der Waals surface area (Å²) in [6.45, 7) is 2.26. The summed E-state index contributed by atoms with van der Waals surface area (Å²) in [5.74, 6) is -1.96. The number of carboxylic acids is 1. The van der Waals surface area contributed by atoms with E-state index in [0.717, 1.165) is 5.56 Å². The molecule has 1 rings (SSSR count). The Morgan fingerprint density at radius 2 is 1.89 bits per heavy atom. The lowest BCUT2D eigenvalue weighted by atomic mass is 9.99. The number of benzene rings is 1. The van der Waals surface area contributed by atoms with Crippen LogP contribution < -0.4 is 10.6 Å². The number of carbonyl (C=O) groups excluding carboxylic acids is 2. The summed E-state index contributed by atoms with van der Waals surface area (Å²) in [5, 5.41) is 22.9. The van der Waals surface area contributed by atoms with Crippen molar-refractivity contribution < 1.29 is 24.2 Å². The van der Waals surface area contributed by atoms with Crippen LogP contribution in [0.3, 0.4) is 0 Å². The summed E-state index contributed by atoms with van der Waals surface area (Å²) in [4.78, 5) is 34.7. The molecule has 8 heteroatoms. The molecule has 2 amide bonds. The number of nitrogens with zero attached hydrogens (tertiary/aromatic N) is 1. The number of alkyl carbamates (subject to hydrolysis) is 1. The number of hydrogen-bond donors (Lipinski definition) is 3. The molecule has 0 aromatic heterocycles. The number of amides is 2. The molecule has 152 valence electrons. The molecule has 0 saturated heterocycles. The third-order valence-corrected chi connectivity index (χ3v) is 4.13. The fourth-order valence-electron chi connectivity index (χ4n) is 2.51. The highest BCUT2D eigenvalue weighted by Gasteiger charge is 2.25. The number of nitrogens with one attached hydrogen (secondary N) is 2. The van der Waals surface area contributed by atoms with Gasteiger partial charge in [-0.1, -0.05) is 43.7 Å². The van der Waals surface area contributed by atoms with Crippen molar-refractivity contribution in [1.29, 1.82) is 5.26 Å². The lowest BCUT2D eigenvalue weighted by Gasteiger charge is -2.19. The molecule has 0 aliphatic carbocycles. The number of carboxylic acid groups (broad SMARTS) is 1. The monoisotopic (exact) mass is 389 g/mol. The normalized spacial score (nSPS) is 12.3. The molecule has 0 saturated carbocycles. The minimum Gasteiger partial charge on any atom is -0.480 e. The SMILES string of the molecule is C[C@H](CC#N)[C@@H](NC(=O)CCCCCNC(=O)OCc1ccccc1)C(=O)O. The zero-order valence-corrected chi connectivity index (χ0v) is 16.0. The van der Waals surface area contributed by atoms with Gasteiger partial charge in [0.1, 0.15) is 12.6 Å². The Labute approximate surface area is 164 Å². The first-order valence-corrected chi connectivity index (χ1v) is 9.27. The fourth-order valence-corrected chi connectivity index (χ4v) is 2.51. The van der Waals surface area contributed by atoms with Crippen LogP contribution in [0.2, 0.25) is 0 Å². The van der Waals surface area contributed by atoms with Crippen molar-refractivity contribution in [2.45, 2.75) is 51.7 Å². The minimum absolute atomic E-state index is 0.0588. The molecule has 0 aliphatic rings. The van der Waals surface area contributed by atoms with E-state index >= 15 is 0 Å². The molecular weight excluding hydrogens is 362 g/mol. The second-order valence-corrected chi connectivity index (χ2v) is 6.52. The number of ether oxygens (including phenoxy) is 1. The van der Waals surface area contributed by atoms with E-state index in [2.05, 4.69) is 10.6 Å². The number of hydrogen-bond acceptors (Lipinski definition) is 5. The van der Waals surface area contributed by atoms with Gasteiger partial charge in [0.05, 0.1) is 6.07 Å². The van der Waals surface area contributed by atoms with Crippen molar-refractivity contribution in [1.82, 2.24) is 10.6 Å². The Balaban J connectivity index is 2.12. The first-order valence-electron chi connectivity index (χ1n) is 9.27. The van der Waals surface area contributed by atoms with E-state index in [9.17, 15) is 14.4 Å². The Bertz CT molecular complexity index is 672. The Morgan fingerprint density at radius 3 is 2.54 bits per heavy atom. The van der Waals surface area contributed by atoms with E-state index in [-0.39, 0.29) is 25.4 Å². The van der Waals surface area contributed by atoms with Gasteiger partial charge in [0.15, 0.2) is 0 Å². The third-order valence-electron chi connectivity index (χ3n) is 4.13. The van der Waals surface area contributed by atoms with Crippen LogP contribution in [0.1, 0.15) is 44.6 Å². The van der Waals surface area contributed by atoms with E-state index in [1.165, 1.54) is 0 Å². The first-order chi connectivity index (χ1) is 13.4. The zero-order chi connectivity index (χ0) is 20.8. The molecule has 28 heavy (non-hydrogen) atoms. The maximum absolute atomic E-state index is 11.9. The summed E-state index contributed by atoms with van der Waals surface area (Å²) in [5.41, 5.74) is 0.910. The zero-order valence-electron chi connectivity index (χ0n) is 16.0. The van der Waals surface area contributed by atoms with E-state index < -0.39 is 24.0 Å². The average Bonchev–Trinajstić information content (AvgIpc) is 2.67. The number of aliphatic carboxylic acids is 1. The predicted molar refractivity (Wildman–Crippen MR) is 102 cm³/mol. The van der Waals surface area contributed by atoms with Gasteiger partial charge in [-0.3, -0.25) is 4.79 Å². The number of carbonyl (C=O) groups is 3. The molecule has 1 aromatic carbocycles. The van der Waals surface area contributed by atoms with E-state index in [1.807, 2.05) is 36.4 Å². The van der Waals surface area contributed by atoms with Gasteiger partial charge in [0.2, 0.25) is 5.91 Å². The van der Waals surface area contributed by atoms with Gasteiger partial charge in [-0.2, -0.15) is 5.26 Å². The smallest absolute Gasteiger partial charge is 0.407 e. The van der Waals surface area contributed by atoms with Gasteiger partial charge >= 0.3 is 12.1 Å². The number of rotatable bonds is 12. The Kier molecular flexibility index (Phi) is 10.8. The lowest BCUT2D eigenvalue weighted by molar-refractivity contribution is -0.143. The van der Waals surface area contributed by atoms with E-state index in [4.69, 9.17) is 15.1 Å². The van der Waals surface area contributed by atoms with Gasteiger partial charge in [-0.15, -0.1) is 0 Å². The quantitative estimate of drug-likeness (QED) is 0.471. The third kappa shape index (κ3) is 9.57. The van der Waals surface area contributed by atoms with E-state index in [1.54, 1.807) is 6.92 Å². The largest absolute Gasteiger partial charge is 0.480 e. The van der Waals surface area contributed by atoms with Crippen LogP contribution in [-0.2, 0) is 20.9 Å². The molecule has 0 bridgehead atoms. The summed E-state index contributed by atoms with van der Waals surface area (Å²) in [6, 6.07) is 10.2. The van der Waals surface area contributed by atoms with Gasteiger partial charge < -0.3 is 20.5 Å².